The van der Waals surface area contributed by atoms with Crippen LogP contribution in [0.3, 0.4) is 0 Å². The van der Waals surface area contributed by atoms with E-state index in [0.29, 0.717) is 28.5 Å². The predicted molar refractivity (Wildman–Crippen MR) is 122 cm³/mol. The molecule has 4 aromatic rings. The summed E-state index contributed by atoms with van der Waals surface area (Å²) in [4.78, 5) is 25.9. The van der Waals surface area contributed by atoms with Gasteiger partial charge in [-0.1, -0.05) is 40.2 Å². The van der Waals surface area contributed by atoms with E-state index in [1.807, 2.05) is 61.5 Å². The number of nitrogens with zero attached hydrogens (tertiary/aromatic N) is 4. The van der Waals surface area contributed by atoms with Crippen LogP contribution in [-0.2, 0) is 4.79 Å². The number of carbonyl (C=O) groups is 2. The summed E-state index contributed by atoms with van der Waals surface area (Å²) >= 11 is 3.44. The number of amides is 1. The van der Waals surface area contributed by atoms with Gasteiger partial charge in [0.1, 0.15) is 5.82 Å². The molecule has 0 spiro atoms. The minimum absolute atomic E-state index is 0.298. The number of carbonyl (C=O) groups excluding carboxylic acids is 2. The lowest BCUT2D eigenvalue weighted by Gasteiger charge is -2.09. The van der Waals surface area contributed by atoms with Crippen molar-refractivity contribution in [2.24, 2.45) is 0 Å². The summed E-state index contributed by atoms with van der Waals surface area (Å²) in [7, 11) is 0. The molecular weight excluding hydrogens is 458 g/mol. The molecule has 0 aliphatic carbocycles. The van der Waals surface area contributed by atoms with E-state index in [1.165, 1.54) is 0 Å². The molecule has 0 atom stereocenters. The molecule has 0 fully saturated rings. The molecule has 0 aliphatic heterocycles. The van der Waals surface area contributed by atoms with Crippen molar-refractivity contribution >= 4 is 33.4 Å². The summed E-state index contributed by atoms with van der Waals surface area (Å²) < 4.78 is 4.15. The summed E-state index contributed by atoms with van der Waals surface area (Å²) in [6, 6.07) is 18.7. The van der Waals surface area contributed by atoms with Crippen LogP contribution in [0.1, 0.15) is 27.4 Å². The van der Waals surface area contributed by atoms with Crippen LogP contribution >= 0.6 is 15.9 Å². The molecule has 0 saturated heterocycles. The summed E-state index contributed by atoms with van der Waals surface area (Å²) in [5.41, 5.74) is 3.71. The molecule has 156 valence electrons. The van der Waals surface area contributed by atoms with E-state index in [9.17, 15) is 9.59 Å². The first-order valence-corrected chi connectivity index (χ1v) is 10.4. The highest BCUT2D eigenvalue weighted by Gasteiger charge is 2.26. The van der Waals surface area contributed by atoms with E-state index in [2.05, 4.69) is 31.4 Å². The van der Waals surface area contributed by atoms with Gasteiger partial charge in [0.05, 0.1) is 34.0 Å². The van der Waals surface area contributed by atoms with E-state index in [0.717, 1.165) is 15.8 Å². The fraction of sp³-hybridized carbons (Fsp3) is 0.130. The van der Waals surface area contributed by atoms with Crippen molar-refractivity contribution in [2.75, 3.05) is 5.32 Å². The maximum Gasteiger partial charge on any atom is 0.298 e. The number of nitrogens with one attached hydrogen (secondary N) is 1. The highest BCUT2D eigenvalue weighted by Crippen LogP contribution is 2.22. The molecule has 2 aromatic heterocycles. The standard InChI is InChI=1S/C23H20BrN5O2/c1-14-12-20(29(26-14)19-11-7-8-17(24)13-19)25-23(31)22(30)21-15(2)27-28(16(21)3)18-9-5-4-6-10-18/h4-13H,1-3H3,(H,25,31). The topological polar surface area (TPSA) is 81.8 Å². The number of aromatic nitrogens is 4. The normalized spacial score (nSPS) is 10.8. The van der Waals surface area contributed by atoms with Gasteiger partial charge in [-0.25, -0.2) is 9.36 Å². The van der Waals surface area contributed by atoms with E-state index < -0.39 is 11.7 Å². The number of hydrogen-bond donors (Lipinski definition) is 1. The molecule has 0 aliphatic rings. The van der Waals surface area contributed by atoms with E-state index in [-0.39, 0.29) is 0 Å². The number of ketones is 1. The minimum Gasteiger partial charge on any atom is -0.304 e. The Morgan fingerprint density at radius 1 is 0.871 bits per heavy atom. The number of benzene rings is 2. The van der Waals surface area contributed by atoms with Gasteiger partial charge in [0.15, 0.2) is 0 Å². The quantitative estimate of drug-likeness (QED) is 0.337. The van der Waals surface area contributed by atoms with Crippen molar-refractivity contribution < 1.29 is 9.59 Å². The third-order valence-electron chi connectivity index (χ3n) is 4.85. The van der Waals surface area contributed by atoms with Gasteiger partial charge in [-0.2, -0.15) is 10.2 Å². The van der Waals surface area contributed by atoms with E-state index >= 15 is 0 Å². The molecular formula is C23H20BrN5O2. The Morgan fingerprint density at radius 3 is 2.29 bits per heavy atom. The Labute approximate surface area is 187 Å². The van der Waals surface area contributed by atoms with Gasteiger partial charge in [-0.15, -0.1) is 0 Å². The lowest BCUT2D eigenvalue weighted by Crippen LogP contribution is -2.25. The molecule has 2 aromatic carbocycles. The number of Topliss-reactive ketones (excluding diaryl/α,β-unsaturated/α-hetero) is 1. The Kier molecular flexibility index (Phi) is 5.56. The lowest BCUT2D eigenvalue weighted by molar-refractivity contribution is -0.112. The summed E-state index contributed by atoms with van der Waals surface area (Å²) in [6.45, 7) is 5.33. The van der Waals surface area contributed by atoms with Gasteiger partial charge in [0.2, 0.25) is 0 Å². The van der Waals surface area contributed by atoms with Crippen molar-refractivity contribution in [3.8, 4) is 11.4 Å². The van der Waals surface area contributed by atoms with Crippen LogP contribution in [0.4, 0.5) is 5.82 Å². The van der Waals surface area contributed by atoms with Crippen LogP contribution in [-0.4, -0.2) is 31.3 Å². The zero-order valence-electron chi connectivity index (χ0n) is 17.3. The highest BCUT2D eigenvalue weighted by atomic mass is 79.9. The average Bonchev–Trinajstić information content (AvgIpc) is 3.26. The molecule has 8 heteroatoms. The van der Waals surface area contributed by atoms with Gasteiger partial charge < -0.3 is 5.32 Å². The second kappa shape index (κ2) is 8.31. The second-order valence-corrected chi connectivity index (χ2v) is 8.05. The third kappa shape index (κ3) is 4.06. The van der Waals surface area contributed by atoms with Crippen molar-refractivity contribution in [3.63, 3.8) is 0 Å². The Bertz CT molecular complexity index is 1290. The Morgan fingerprint density at radius 2 is 1.58 bits per heavy atom. The largest absolute Gasteiger partial charge is 0.304 e. The summed E-state index contributed by atoms with van der Waals surface area (Å²) in [5.74, 6) is -0.966. The van der Waals surface area contributed by atoms with Crippen molar-refractivity contribution in [1.82, 2.24) is 19.6 Å². The molecule has 1 N–H and O–H groups in total. The van der Waals surface area contributed by atoms with E-state index in [1.54, 1.807) is 29.3 Å². The first-order chi connectivity index (χ1) is 14.8. The first-order valence-electron chi connectivity index (χ1n) is 9.65. The first kappa shape index (κ1) is 20.7. The van der Waals surface area contributed by atoms with Gasteiger partial charge in [-0.3, -0.25) is 9.59 Å². The van der Waals surface area contributed by atoms with Crippen LogP contribution in [0.15, 0.2) is 65.1 Å². The molecule has 0 radical (unpaired) electrons. The highest BCUT2D eigenvalue weighted by molar-refractivity contribution is 9.10. The fourth-order valence-electron chi connectivity index (χ4n) is 3.47. The van der Waals surface area contributed by atoms with Gasteiger partial charge in [0, 0.05) is 10.5 Å². The van der Waals surface area contributed by atoms with Crippen molar-refractivity contribution in [1.29, 1.82) is 0 Å². The van der Waals surface area contributed by atoms with Gasteiger partial charge in [-0.05, 0) is 51.1 Å². The van der Waals surface area contributed by atoms with Crippen molar-refractivity contribution in [3.05, 3.63) is 87.8 Å². The third-order valence-corrected chi connectivity index (χ3v) is 5.34. The number of anilines is 1. The van der Waals surface area contributed by atoms with E-state index in [4.69, 9.17) is 0 Å². The fourth-order valence-corrected chi connectivity index (χ4v) is 3.86. The molecule has 31 heavy (non-hydrogen) atoms. The average molecular weight is 478 g/mol. The second-order valence-electron chi connectivity index (χ2n) is 7.14. The monoisotopic (exact) mass is 477 g/mol. The van der Waals surface area contributed by atoms with Crippen LogP contribution in [0, 0.1) is 20.8 Å². The van der Waals surface area contributed by atoms with Gasteiger partial charge >= 0.3 is 0 Å². The number of rotatable bonds is 5. The molecule has 0 saturated carbocycles. The molecule has 2 heterocycles. The Balaban J connectivity index is 1.64. The number of hydrogen-bond acceptors (Lipinski definition) is 4. The smallest absolute Gasteiger partial charge is 0.298 e. The summed E-state index contributed by atoms with van der Waals surface area (Å²) in [6.07, 6.45) is 0. The number of aryl methyl sites for hydroxylation is 2. The molecule has 4 rings (SSSR count). The van der Waals surface area contributed by atoms with Crippen LogP contribution in [0.2, 0.25) is 0 Å². The van der Waals surface area contributed by atoms with Crippen LogP contribution in [0.25, 0.3) is 11.4 Å². The maximum absolute atomic E-state index is 13.0. The Hall–Kier alpha value is -3.52. The molecule has 0 bridgehead atoms. The molecule has 0 unspecified atom stereocenters. The zero-order valence-corrected chi connectivity index (χ0v) is 18.8. The lowest BCUT2D eigenvalue weighted by atomic mass is 10.1. The molecule has 1 amide bonds. The van der Waals surface area contributed by atoms with Crippen molar-refractivity contribution in [2.45, 2.75) is 20.8 Å². The predicted octanol–water partition coefficient (Wildman–Crippen LogP) is 4.57. The number of halogens is 1. The maximum atomic E-state index is 13.0. The van der Waals surface area contributed by atoms with Gasteiger partial charge in [0.25, 0.3) is 11.7 Å². The SMILES string of the molecule is Cc1cc(NC(=O)C(=O)c2c(C)nn(-c3ccccc3)c2C)n(-c2cccc(Br)c2)n1. The minimum atomic E-state index is -0.741. The van der Waals surface area contributed by atoms with Crippen LogP contribution < -0.4 is 5.32 Å². The summed E-state index contributed by atoms with van der Waals surface area (Å²) in [5, 5.41) is 11.6. The number of para-hydroxylation sites is 1. The zero-order chi connectivity index (χ0) is 22.1. The molecule has 7 nitrogen and oxygen atoms in total. The van der Waals surface area contributed by atoms with Crippen LogP contribution in [0.5, 0.6) is 0 Å².